The molecule has 0 fully saturated rings. The lowest BCUT2D eigenvalue weighted by atomic mass is 10.2. The third kappa shape index (κ3) is 2.98. The van der Waals surface area contributed by atoms with Crippen molar-refractivity contribution >= 4 is 17.2 Å². The predicted octanol–water partition coefficient (Wildman–Crippen LogP) is 2.15. The number of aryl methyl sites for hydroxylation is 1. The summed E-state index contributed by atoms with van der Waals surface area (Å²) >= 11 is 0. The van der Waals surface area contributed by atoms with Gasteiger partial charge in [0.15, 0.2) is 5.65 Å². The van der Waals surface area contributed by atoms with Crippen LogP contribution in [0.2, 0.25) is 0 Å². The van der Waals surface area contributed by atoms with Crippen molar-refractivity contribution in [1.29, 1.82) is 0 Å². The average molecular weight is 298 g/mol. The van der Waals surface area contributed by atoms with E-state index in [1.54, 1.807) is 12.5 Å². The van der Waals surface area contributed by atoms with Crippen molar-refractivity contribution in [3.63, 3.8) is 0 Å². The molecule has 0 unspecified atom stereocenters. The summed E-state index contributed by atoms with van der Waals surface area (Å²) in [6.45, 7) is 4.12. The van der Waals surface area contributed by atoms with E-state index in [1.807, 2.05) is 22.7 Å². The Hall–Kier alpha value is -2.70. The second kappa shape index (κ2) is 5.97. The van der Waals surface area contributed by atoms with Gasteiger partial charge in [0.1, 0.15) is 5.82 Å². The molecule has 0 aromatic carbocycles. The summed E-state index contributed by atoms with van der Waals surface area (Å²) in [6.07, 6.45) is 6.24. The van der Waals surface area contributed by atoms with Crippen LogP contribution in [0.4, 0.5) is 5.69 Å². The van der Waals surface area contributed by atoms with E-state index < -0.39 is 0 Å². The van der Waals surface area contributed by atoms with Gasteiger partial charge in [-0.3, -0.25) is 9.20 Å². The van der Waals surface area contributed by atoms with Crippen LogP contribution in [0.5, 0.6) is 0 Å². The van der Waals surface area contributed by atoms with Crippen molar-refractivity contribution in [3.05, 3.63) is 42.4 Å². The summed E-state index contributed by atoms with van der Waals surface area (Å²) in [4.78, 5) is 18.9. The van der Waals surface area contributed by atoms with E-state index in [9.17, 15) is 4.79 Å². The van der Waals surface area contributed by atoms with Gasteiger partial charge in [-0.1, -0.05) is 13.8 Å². The maximum absolute atomic E-state index is 12.0. The molecule has 3 aromatic heterocycles. The Labute approximate surface area is 127 Å². The zero-order chi connectivity index (χ0) is 15.5. The van der Waals surface area contributed by atoms with Crippen molar-refractivity contribution in [3.8, 4) is 0 Å². The fourth-order valence-electron chi connectivity index (χ4n) is 2.27. The fourth-order valence-corrected chi connectivity index (χ4v) is 2.27. The summed E-state index contributed by atoms with van der Waals surface area (Å²) in [7, 11) is 0. The van der Waals surface area contributed by atoms with E-state index in [-0.39, 0.29) is 11.8 Å². The highest BCUT2D eigenvalue weighted by molar-refractivity contribution is 5.90. The van der Waals surface area contributed by atoms with Crippen LogP contribution in [0.3, 0.4) is 0 Å². The van der Waals surface area contributed by atoms with Crippen molar-refractivity contribution < 1.29 is 4.79 Å². The molecule has 0 radical (unpaired) electrons. The molecule has 1 amide bonds. The van der Waals surface area contributed by atoms with E-state index in [1.165, 1.54) is 0 Å². The number of carbonyl (C=O) groups is 1. The zero-order valence-corrected chi connectivity index (χ0v) is 12.6. The highest BCUT2D eigenvalue weighted by Gasteiger charge is 2.10. The average Bonchev–Trinajstić information content (AvgIpc) is 3.14. The van der Waals surface area contributed by atoms with E-state index >= 15 is 0 Å². The van der Waals surface area contributed by atoms with E-state index in [0.717, 1.165) is 22.9 Å². The monoisotopic (exact) mass is 298 g/mol. The van der Waals surface area contributed by atoms with Gasteiger partial charge in [-0.05, 0) is 18.6 Å². The van der Waals surface area contributed by atoms with Crippen LogP contribution in [0, 0.1) is 0 Å². The molecule has 7 nitrogen and oxygen atoms in total. The number of H-pyrrole nitrogens is 1. The molecule has 114 valence electrons. The number of nitrogens with zero attached hydrogens (tertiary/aromatic N) is 4. The Morgan fingerprint density at radius 3 is 2.95 bits per heavy atom. The van der Waals surface area contributed by atoms with Crippen LogP contribution in [-0.2, 0) is 11.2 Å². The number of nitrogens with one attached hydrogen (secondary N) is 2. The van der Waals surface area contributed by atoms with Crippen LogP contribution in [0.15, 0.2) is 30.9 Å². The minimum atomic E-state index is -0.0341. The first-order valence-electron chi connectivity index (χ1n) is 7.25. The zero-order valence-electron chi connectivity index (χ0n) is 12.6. The summed E-state index contributed by atoms with van der Waals surface area (Å²) in [6, 6.07) is 3.69. The molecule has 7 heteroatoms. The largest absolute Gasteiger partial charge is 0.348 e. The quantitative estimate of drug-likeness (QED) is 0.755. The van der Waals surface area contributed by atoms with Gasteiger partial charge < -0.3 is 10.3 Å². The number of aromatic amines is 1. The first-order chi connectivity index (χ1) is 10.6. The lowest BCUT2D eigenvalue weighted by Gasteiger charge is -2.07. The smallest absolute Gasteiger partial charge is 0.224 e. The number of aromatic nitrogens is 5. The molecular formula is C15H18N6O. The minimum Gasteiger partial charge on any atom is -0.348 e. The maximum atomic E-state index is 12.0. The van der Waals surface area contributed by atoms with Gasteiger partial charge in [-0.25, -0.2) is 4.98 Å². The molecule has 0 aliphatic rings. The van der Waals surface area contributed by atoms with E-state index in [4.69, 9.17) is 0 Å². The Balaban J connectivity index is 1.70. The molecule has 2 N–H and O–H groups in total. The Bertz CT molecular complexity index is 775. The molecule has 22 heavy (non-hydrogen) atoms. The van der Waals surface area contributed by atoms with Crippen LogP contribution >= 0.6 is 0 Å². The molecule has 3 aromatic rings. The van der Waals surface area contributed by atoms with Crippen LogP contribution in [0.1, 0.15) is 37.7 Å². The lowest BCUT2D eigenvalue weighted by molar-refractivity contribution is -0.116. The molecule has 0 bridgehead atoms. The number of rotatable bonds is 5. The Kier molecular flexibility index (Phi) is 3.86. The first-order valence-corrected chi connectivity index (χ1v) is 7.25. The number of fused-ring (bicyclic) bond motifs is 1. The molecule has 0 saturated carbocycles. The molecular weight excluding hydrogens is 280 g/mol. The van der Waals surface area contributed by atoms with Crippen LogP contribution in [0.25, 0.3) is 5.65 Å². The number of hydrogen-bond acceptors (Lipinski definition) is 4. The standard InChI is InChI=1S/C15H18N6O/c1-10(2)15-20-19-13-5-3-12(8-21(13)15)18-14(22)6-4-11-7-16-9-17-11/h3,5,7-10H,4,6H2,1-2H3,(H,16,17)(H,18,22). The molecule has 3 rings (SSSR count). The number of anilines is 1. The maximum Gasteiger partial charge on any atom is 0.224 e. The fraction of sp³-hybridized carbons (Fsp3) is 0.333. The van der Waals surface area contributed by atoms with E-state index in [0.29, 0.717) is 12.8 Å². The highest BCUT2D eigenvalue weighted by Crippen LogP contribution is 2.17. The lowest BCUT2D eigenvalue weighted by Crippen LogP contribution is -2.13. The van der Waals surface area contributed by atoms with Crippen molar-refractivity contribution in [2.24, 2.45) is 0 Å². The van der Waals surface area contributed by atoms with Gasteiger partial charge in [0, 0.05) is 30.4 Å². The normalized spacial score (nSPS) is 11.2. The summed E-state index contributed by atoms with van der Waals surface area (Å²) < 4.78 is 1.91. The van der Waals surface area contributed by atoms with Gasteiger partial charge in [-0.2, -0.15) is 0 Å². The third-order valence-corrected chi connectivity index (χ3v) is 3.41. The van der Waals surface area contributed by atoms with Gasteiger partial charge in [-0.15, -0.1) is 10.2 Å². The molecule has 0 saturated heterocycles. The SMILES string of the molecule is CC(C)c1nnc2ccc(NC(=O)CCc3cnc[nH]3)cn12. The number of imidazole rings is 1. The van der Waals surface area contributed by atoms with E-state index in [2.05, 4.69) is 39.3 Å². The molecule has 0 aliphatic carbocycles. The Morgan fingerprint density at radius 2 is 2.23 bits per heavy atom. The minimum absolute atomic E-state index is 0.0341. The second-order valence-corrected chi connectivity index (χ2v) is 5.48. The summed E-state index contributed by atoms with van der Waals surface area (Å²) in [5.41, 5.74) is 2.47. The number of pyridine rings is 1. The molecule has 0 atom stereocenters. The van der Waals surface area contributed by atoms with Gasteiger partial charge in [0.2, 0.25) is 5.91 Å². The summed E-state index contributed by atoms with van der Waals surface area (Å²) in [5, 5.41) is 11.2. The topological polar surface area (TPSA) is 88.0 Å². The third-order valence-electron chi connectivity index (χ3n) is 3.41. The first kappa shape index (κ1) is 14.2. The predicted molar refractivity (Wildman–Crippen MR) is 82.6 cm³/mol. The number of amides is 1. The highest BCUT2D eigenvalue weighted by atomic mass is 16.1. The number of carbonyl (C=O) groups excluding carboxylic acids is 1. The molecule has 0 spiro atoms. The molecule has 3 heterocycles. The van der Waals surface area contributed by atoms with Crippen molar-refractivity contribution in [2.75, 3.05) is 5.32 Å². The van der Waals surface area contributed by atoms with Gasteiger partial charge >= 0.3 is 0 Å². The van der Waals surface area contributed by atoms with Crippen LogP contribution < -0.4 is 5.32 Å². The second-order valence-electron chi connectivity index (χ2n) is 5.48. The van der Waals surface area contributed by atoms with Gasteiger partial charge in [0.05, 0.1) is 12.0 Å². The van der Waals surface area contributed by atoms with Crippen LogP contribution in [-0.4, -0.2) is 30.5 Å². The van der Waals surface area contributed by atoms with Gasteiger partial charge in [0.25, 0.3) is 0 Å². The summed E-state index contributed by atoms with van der Waals surface area (Å²) in [5.74, 6) is 1.11. The van der Waals surface area contributed by atoms with Crippen molar-refractivity contribution in [1.82, 2.24) is 24.6 Å². The molecule has 0 aliphatic heterocycles. The van der Waals surface area contributed by atoms with Crippen molar-refractivity contribution in [2.45, 2.75) is 32.6 Å². The number of hydrogen-bond donors (Lipinski definition) is 2. The Morgan fingerprint density at radius 1 is 1.36 bits per heavy atom.